The maximum Gasteiger partial charge on any atom is 0.175 e. The highest BCUT2D eigenvalue weighted by molar-refractivity contribution is 7.99. The fourth-order valence-corrected chi connectivity index (χ4v) is 4.64. The van der Waals surface area contributed by atoms with Crippen LogP contribution < -0.4 is 0 Å². The van der Waals surface area contributed by atoms with Gasteiger partial charge in [-0.05, 0) is 57.5 Å². The molecule has 2 bridgehead atoms. The van der Waals surface area contributed by atoms with Gasteiger partial charge in [0.1, 0.15) is 5.78 Å². The van der Waals surface area contributed by atoms with Crippen molar-refractivity contribution in [1.29, 1.82) is 0 Å². The minimum absolute atomic E-state index is 0.0170. The quantitative estimate of drug-likeness (QED) is 0.622. The molecule has 0 saturated carbocycles. The van der Waals surface area contributed by atoms with Crippen molar-refractivity contribution in [1.82, 2.24) is 9.80 Å². The Hall–Kier alpha value is -1.17. The molecule has 0 spiro atoms. The Balaban J connectivity index is 1.47. The molecule has 0 aromatic heterocycles. The van der Waals surface area contributed by atoms with Crippen molar-refractivity contribution >= 4 is 23.3 Å². The molecule has 3 rings (SSSR count). The van der Waals surface area contributed by atoms with Gasteiger partial charge in [0.2, 0.25) is 0 Å². The van der Waals surface area contributed by atoms with Crippen LogP contribution in [0.3, 0.4) is 0 Å². The van der Waals surface area contributed by atoms with Gasteiger partial charge in [0.15, 0.2) is 5.78 Å². The van der Waals surface area contributed by atoms with E-state index >= 15 is 0 Å². The summed E-state index contributed by atoms with van der Waals surface area (Å²) in [4.78, 5) is 28.6. The van der Waals surface area contributed by atoms with E-state index in [9.17, 15) is 9.59 Å². The average molecular weight is 375 g/mol. The van der Waals surface area contributed by atoms with Crippen LogP contribution in [0.4, 0.5) is 0 Å². The lowest BCUT2D eigenvalue weighted by Gasteiger charge is -2.33. The number of fused-ring (bicyclic) bond motifs is 2. The molecule has 1 aromatic carbocycles. The number of likely N-dealkylation sites (tertiary alicyclic amines) is 2. The average Bonchev–Trinajstić information content (AvgIpc) is 3.20. The molecule has 4 nitrogen and oxygen atoms in total. The second kappa shape index (κ2) is 8.68. The van der Waals surface area contributed by atoms with Crippen molar-refractivity contribution in [3.8, 4) is 0 Å². The third-order valence-electron chi connectivity index (χ3n) is 5.74. The normalized spacial score (nSPS) is 24.1. The van der Waals surface area contributed by atoms with E-state index in [1.54, 1.807) is 18.7 Å². The van der Waals surface area contributed by atoms with Crippen LogP contribution in [0.25, 0.3) is 0 Å². The Kier molecular flexibility index (Phi) is 6.54. The van der Waals surface area contributed by atoms with Gasteiger partial charge < -0.3 is 0 Å². The van der Waals surface area contributed by atoms with Crippen LogP contribution in [-0.4, -0.2) is 71.1 Å². The lowest BCUT2D eigenvalue weighted by molar-refractivity contribution is -0.118. The van der Waals surface area contributed by atoms with Gasteiger partial charge in [-0.1, -0.05) is 18.2 Å². The molecule has 2 heterocycles. The number of aryl methyl sites for hydroxylation is 1. The summed E-state index contributed by atoms with van der Waals surface area (Å²) < 4.78 is 0. The van der Waals surface area contributed by atoms with Gasteiger partial charge in [0.05, 0.1) is 11.8 Å². The monoisotopic (exact) mass is 374 g/mol. The zero-order valence-electron chi connectivity index (χ0n) is 16.1. The van der Waals surface area contributed by atoms with Crippen molar-refractivity contribution in [2.24, 2.45) is 0 Å². The van der Waals surface area contributed by atoms with Crippen molar-refractivity contribution in [3.63, 3.8) is 0 Å². The first-order valence-electron chi connectivity index (χ1n) is 9.61. The van der Waals surface area contributed by atoms with Crippen molar-refractivity contribution in [3.05, 3.63) is 35.4 Å². The predicted octanol–water partition coefficient (Wildman–Crippen LogP) is 2.90. The van der Waals surface area contributed by atoms with Gasteiger partial charge in [-0.25, -0.2) is 0 Å². The highest BCUT2D eigenvalue weighted by Crippen LogP contribution is 2.30. The van der Waals surface area contributed by atoms with Crippen LogP contribution >= 0.6 is 11.8 Å². The van der Waals surface area contributed by atoms with Crippen molar-refractivity contribution < 1.29 is 9.59 Å². The molecule has 1 aromatic rings. The van der Waals surface area contributed by atoms with E-state index in [-0.39, 0.29) is 16.8 Å². The summed E-state index contributed by atoms with van der Waals surface area (Å²) in [5, 5.41) is 0.0170. The largest absolute Gasteiger partial charge is 0.299 e. The smallest absolute Gasteiger partial charge is 0.175 e. The molecular weight excluding hydrogens is 344 g/mol. The van der Waals surface area contributed by atoms with E-state index in [0.717, 1.165) is 38.0 Å². The number of rotatable bonds is 9. The summed E-state index contributed by atoms with van der Waals surface area (Å²) in [6.07, 6.45) is 5.32. The third kappa shape index (κ3) is 4.56. The molecule has 3 atom stereocenters. The third-order valence-corrected chi connectivity index (χ3v) is 6.66. The molecule has 0 aliphatic carbocycles. The summed E-state index contributed by atoms with van der Waals surface area (Å²) in [7, 11) is 0. The minimum atomic E-state index is 0.0170. The minimum Gasteiger partial charge on any atom is -0.299 e. The second-order valence-electron chi connectivity index (χ2n) is 7.72. The fourth-order valence-electron chi connectivity index (χ4n) is 4.29. The summed E-state index contributed by atoms with van der Waals surface area (Å²) in [6.45, 7) is 7.52. The molecule has 142 valence electrons. The molecule has 2 aliphatic heterocycles. The number of benzene rings is 1. The standard InChI is InChI=1S/C21H30N2O2S/c1-15(24)12-23-14-19-11-20(23)13-22(19)9-5-7-17-6-4-8-18(10-17)21(25)16(2)26-3/h4,6,8,10,16,19-20H,5,7,9,11-14H2,1-3H3/t16?,19-,20-/m0/s1. The van der Waals surface area contributed by atoms with Gasteiger partial charge in [0, 0.05) is 30.7 Å². The number of carbonyl (C=O) groups excluding carboxylic acids is 2. The zero-order chi connectivity index (χ0) is 18.7. The molecule has 1 unspecified atom stereocenters. The highest BCUT2D eigenvalue weighted by atomic mass is 32.2. The van der Waals surface area contributed by atoms with Crippen LogP contribution in [-0.2, 0) is 11.2 Å². The summed E-state index contributed by atoms with van der Waals surface area (Å²) in [5.74, 6) is 0.496. The number of piperazine rings is 1. The predicted molar refractivity (Wildman–Crippen MR) is 108 cm³/mol. The van der Waals surface area contributed by atoms with E-state index in [4.69, 9.17) is 0 Å². The molecule has 0 N–H and O–H groups in total. The Bertz CT molecular complexity index is 663. The van der Waals surface area contributed by atoms with E-state index in [2.05, 4.69) is 21.9 Å². The summed E-state index contributed by atoms with van der Waals surface area (Å²) in [5.41, 5.74) is 2.09. The topological polar surface area (TPSA) is 40.6 Å². The summed E-state index contributed by atoms with van der Waals surface area (Å²) in [6, 6.07) is 9.33. The zero-order valence-corrected chi connectivity index (χ0v) is 16.9. The van der Waals surface area contributed by atoms with Crippen LogP contribution in [0, 0.1) is 0 Å². The maximum absolute atomic E-state index is 12.3. The Morgan fingerprint density at radius 1 is 1.23 bits per heavy atom. The maximum atomic E-state index is 12.3. The van der Waals surface area contributed by atoms with Gasteiger partial charge >= 0.3 is 0 Å². The molecule has 2 fully saturated rings. The number of Topliss-reactive ketones (excluding diaryl/α,β-unsaturated/α-hetero) is 2. The van der Waals surface area contributed by atoms with Gasteiger partial charge in [-0.2, -0.15) is 11.8 Å². The lowest BCUT2D eigenvalue weighted by Crippen LogP contribution is -2.47. The highest BCUT2D eigenvalue weighted by Gasteiger charge is 2.42. The number of nitrogens with zero attached hydrogens (tertiary/aromatic N) is 2. The van der Waals surface area contributed by atoms with E-state index in [0.29, 0.717) is 18.6 Å². The molecule has 2 aliphatic rings. The van der Waals surface area contributed by atoms with Crippen LogP contribution in [0.1, 0.15) is 42.6 Å². The lowest BCUT2D eigenvalue weighted by atomic mass is 10.0. The van der Waals surface area contributed by atoms with Gasteiger partial charge in [-0.15, -0.1) is 0 Å². The molecule has 26 heavy (non-hydrogen) atoms. The fraction of sp³-hybridized carbons (Fsp3) is 0.619. The van der Waals surface area contributed by atoms with Crippen molar-refractivity contribution in [2.45, 2.75) is 50.4 Å². The van der Waals surface area contributed by atoms with Crippen molar-refractivity contribution in [2.75, 3.05) is 32.4 Å². The van der Waals surface area contributed by atoms with Crippen LogP contribution in [0.5, 0.6) is 0 Å². The summed E-state index contributed by atoms with van der Waals surface area (Å²) >= 11 is 1.60. The van der Waals surface area contributed by atoms with Crippen LogP contribution in [0.2, 0.25) is 0 Å². The number of hydrogen-bond donors (Lipinski definition) is 0. The van der Waals surface area contributed by atoms with Gasteiger partial charge in [0.25, 0.3) is 0 Å². The number of hydrogen-bond acceptors (Lipinski definition) is 5. The SMILES string of the molecule is CSC(C)C(=O)c1cccc(CCCN2C[C@@H]3C[C@H]2CN3CC(C)=O)c1. The second-order valence-corrected chi connectivity index (χ2v) is 8.89. The molecule has 5 heteroatoms. The molecule has 2 saturated heterocycles. The molecular formula is C21H30N2O2S. The first-order chi connectivity index (χ1) is 12.5. The number of ketones is 2. The Labute approximate surface area is 161 Å². The Morgan fingerprint density at radius 3 is 2.62 bits per heavy atom. The Morgan fingerprint density at radius 2 is 1.96 bits per heavy atom. The first-order valence-corrected chi connectivity index (χ1v) is 10.9. The van der Waals surface area contributed by atoms with E-state index < -0.39 is 0 Å². The number of carbonyl (C=O) groups is 2. The number of thioether (sulfide) groups is 1. The first kappa shape index (κ1) is 19.6. The van der Waals surface area contributed by atoms with Crippen LogP contribution in [0.15, 0.2) is 24.3 Å². The molecule has 0 radical (unpaired) electrons. The van der Waals surface area contributed by atoms with E-state index in [1.807, 2.05) is 25.3 Å². The van der Waals surface area contributed by atoms with E-state index in [1.165, 1.54) is 12.0 Å². The molecule has 0 amide bonds. The van der Waals surface area contributed by atoms with Gasteiger partial charge in [-0.3, -0.25) is 19.4 Å².